The van der Waals surface area contributed by atoms with E-state index in [1.807, 2.05) is 12.1 Å². The molecular weight excluding hydrogens is 450 g/mol. The van der Waals surface area contributed by atoms with Crippen LogP contribution in [0.2, 0.25) is 0 Å². The summed E-state index contributed by atoms with van der Waals surface area (Å²) in [6.07, 6.45) is 5.09. The molecule has 1 N–H and O–H groups in total. The van der Waals surface area contributed by atoms with E-state index in [-0.39, 0.29) is 0 Å². The largest absolute Gasteiger partial charge is 0.491 e. The van der Waals surface area contributed by atoms with E-state index >= 15 is 0 Å². The highest BCUT2D eigenvalue weighted by Crippen LogP contribution is 2.37. The number of ether oxygens (including phenoxy) is 1. The Morgan fingerprint density at radius 2 is 1.90 bits per heavy atom. The van der Waals surface area contributed by atoms with Gasteiger partial charge in [0, 0.05) is 10.5 Å². The van der Waals surface area contributed by atoms with Crippen molar-refractivity contribution in [1.29, 1.82) is 0 Å². The zero-order valence-corrected chi connectivity index (χ0v) is 16.4. The highest BCUT2D eigenvalue weighted by molar-refractivity contribution is 9.11. The first-order valence-corrected chi connectivity index (χ1v) is 9.50. The Bertz CT molecular complexity index is 430. The molecule has 0 aromatic heterocycles. The first-order chi connectivity index (χ1) is 9.61. The van der Waals surface area contributed by atoms with Gasteiger partial charge in [0.05, 0.1) is 15.6 Å². The van der Waals surface area contributed by atoms with Crippen molar-refractivity contribution in [2.24, 2.45) is 5.92 Å². The van der Waals surface area contributed by atoms with Crippen molar-refractivity contribution < 1.29 is 4.74 Å². The Morgan fingerprint density at radius 3 is 2.55 bits per heavy atom. The third-order valence-corrected chi connectivity index (χ3v) is 5.46. The van der Waals surface area contributed by atoms with Crippen LogP contribution in [0.1, 0.15) is 32.6 Å². The maximum Gasteiger partial charge on any atom is 0.147 e. The van der Waals surface area contributed by atoms with Gasteiger partial charge in [-0.05, 0) is 75.7 Å². The third kappa shape index (κ3) is 4.46. The van der Waals surface area contributed by atoms with Crippen LogP contribution in [0.25, 0.3) is 0 Å². The van der Waals surface area contributed by atoms with Crippen molar-refractivity contribution in [2.45, 2.75) is 38.6 Å². The highest BCUT2D eigenvalue weighted by Gasteiger charge is 2.26. The van der Waals surface area contributed by atoms with Crippen LogP contribution in [0, 0.1) is 5.92 Å². The van der Waals surface area contributed by atoms with Crippen molar-refractivity contribution in [3.05, 3.63) is 25.6 Å². The van der Waals surface area contributed by atoms with E-state index in [0.717, 1.165) is 44.7 Å². The molecule has 2 unspecified atom stereocenters. The molecule has 2 rings (SSSR count). The first kappa shape index (κ1) is 16.8. The van der Waals surface area contributed by atoms with Gasteiger partial charge in [-0.15, -0.1) is 0 Å². The zero-order chi connectivity index (χ0) is 14.5. The molecule has 0 saturated heterocycles. The lowest BCUT2D eigenvalue weighted by molar-refractivity contribution is 0.258. The number of rotatable bonds is 6. The van der Waals surface area contributed by atoms with Gasteiger partial charge in [-0.2, -0.15) is 0 Å². The lowest BCUT2D eigenvalue weighted by Gasteiger charge is -2.20. The van der Waals surface area contributed by atoms with Crippen LogP contribution in [-0.2, 0) is 0 Å². The van der Waals surface area contributed by atoms with Gasteiger partial charge >= 0.3 is 0 Å². The quantitative estimate of drug-likeness (QED) is 0.592. The third-order valence-electron chi connectivity index (χ3n) is 3.82. The lowest BCUT2D eigenvalue weighted by Crippen LogP contribution is -2.32. The van der Waals surface area contributed by atoms with Gasteiger partial charge in [0.15, 0.2) is 0 Å². The molecule has 1 aliphatic rings. The number of halogens is 3. The van der Waals surface area contributed by atoms with Crippen molar-refractivity contribution in [2.75, 3.05) is 13.2 Å². The average Bonchev–Trinajstić information content (AvgIpc) is 2.80. The van der Waals surface area contributed by atoms with Gasteiger partial charge in [-0.1, -0.05) is 29.3 Å². The first-order valence-electron chi connectivity index (χ1n) is 7.12. The van der Waals surface area contributed by atoms with Crippen LogP contribution in [-0.4, -0.2) is 19.2 Å². The van der Waals surface area contributed by atoms with Gasteiger partial charge in [-0.25, -0.2) is 0 Å². The molecule has 1 saturated carbocycles. The van der Waals surface area contributed by atoms with Crippen molar-refractivity contribution in [3.8, 4) is 5.75 Å². The number of hydrogen-bond donors (Lipinski definition) is 1. The number of hydrogen-bond acceptors (Lipinski definition) is 2. The van der Waals surface area contributed by atoms with E-state index < -0.39 is 0 Å². The molecule has 0 heterocycles. The Hall–Kier alpha value is 0.420. The SMILES string of the molecule is CCNC1CCCC1CCOc1c(Br)cc(Br)cc1Br. The van der Waals surface area contributed by atoms with Crippen LogP contribution in [0.3, 0.4) is 0 Å². The summed E-state index contributed by atoms with van der Waals surface area (Å²) in [6.45, 7) is 4.01. The molecule has 0 aliphatic heterocycles. The van der Waals surface area contributed by atoms with Crippen LogP contribution >= 0.6 is 47.8 Å². The van der Waals surface area contributed by atoms with E-state index in [4.69, 9.17) is 4.74 Å². The smallest absolute Gasteiger partial charge is 0.147 e. The van der Waals surface area contributed by atoms with Gasteiger partial charge in [-0.3, -0.25) is 0 Å². The predicted molar refractivity (Wildman–Crippen MR) is 94.5 cm³/mol. The molecule has 1 fully saturated rings. The zero-order valence-electron chi connectivity index (χ0n) is 11.6. The minimum atomic E-state index is 0.681. The van der Waals surface area contributed by atoms with Crippen LogP contribution in [0.4, 0.5) is 0 Å². The lowest BCUT2D eigenvalue weighted by atomic mass is 10.00. The molecule has 112 valence electrons. The fourth-order valence-corrected chi connectivity index (χ4v) is 5.38. The van der Waals surface area contributed by atoms with Crippen molar-refractivity contribution in [3.63, 3.8) is 0 Å². The van der Waals surface area contributed by atoms with Crippen LogP contribution in [0.15, 0.2) is 25.6 Å². The molecule has 1 aromatic carbocycles. The second kappa shape index (κ2) is 8.16. The normalized spacial score (nSPS) is 22.2. The molecule has 1 aliphatic carbocycles. The minimum absolute atomic E-state index is 0.681. The molecule has 2 nitrogen and oxygen atoms in total. The van der Waals surface area contributed by atoms with Gasteiger partial charge in [0.2, 0.25) is 0 Å². The molecule has 1 aromatic rings. The molecule has 0 spiro atoms. The van der Waals surface area contributed by atoms with E-state index in [9.17, 15) is 0 Å². The Morgan fingerprint density at radius 1 is 1.20 bits per heavy atom. The fourth-order valence-electron chi connectivity index (χ4n) is 2.89. The van der Waals surface area contributed by atoms with Crippen molar-refractivity contribution >= 4 is 47.8 Å². The summed E-state index contributed by atoms with van der Waals surface area (Å²) >= 11 is 10.6. The van der Waals surface area contributed by atoms with E-state index in [1.54, 1.807) is 0 Å². The number of benzene rings is 1. The molecular formula is C15H20Br3NO. The molecule has 0 amide bonds. The minimum Gasteiger partial charge on any atom is -0.491 e. The summed E-state index contributed by atoms with van der Waals surface area (Å²) in [5, 5.41) is 3.59. The Balaban J connectivity index is 1.87. The second-order valence-electron chi connectivity index (χ2n) is 5.19. The maximum atomic E-state index is 5.97. The van der Waals surface area contributed by atoms with E-state index in [0.29, 0.717) is 6.04 Å². The topological polar surface area (TPSA) is 21.3 Å². The molecule has 20 heavy (non-hydrogen) atoms. The predicted octanol–water partition coefficient (Wildman–Crippen LogP) is 5.52. The summed E-state index contributed by atoms with van der Waals surface area (Å²) in [5.41, 5.74) is 0. The number of nitrogens with one attached hydrogen (secondary N) is 1. The van der Waals surface area contributed by atoms with E-state index in [1.165, 1.54) is 19.3 Å². The van der Waals surface area contributed by atoms with Crippen LogP contribution < -0.4 is 10.1 Å². The maximum absolute atomic E-state index is 5.97. The van der Waals surface area contributed by atoms with Crippen molar-refractivity contribution in [1.82, 2.24) is 5.32 Å². The summed E-state index contributed by atoms with van der Waals surface area (Å²) in [4.78, 5) is 0. The fraction of sp³-hybridized carbons (Fsp3) is 0.600. The molecule has 0 radical (unpaired) electrons. The van der Waals surface area contributed by atoms with Gasteiger partial charge < -0.3 is 10.1 Å². The molecule has 0 bridgehead atoms. The summed E-state index contributed by atoms with van der Waals surface area (Å²) in [5.74, 6) is 1.65. The summed E-state index contributed by atoms with van der Waals surface area (Å²) < 4.78 is 8.96. The average molecular weight is 470 g/mol. The highest BCUT2D eigenvalue weighted by atomic mass is 79.9. The Kier molecular flexibility index (Phi) is 6.85. The van der Waals surface area contributed by atoms with Gasteiger partial charge in [0.1, 0.15) is 5.75 Å². The standard InChI is InChI=1S/C15H20Br3NO/c1-2-19-14-5-3-4-10(14)6-7-20-15-12(17)8-11(16)9-13(15)18/h8-10,14,19H,2-7H2,1H3. The summed E-state index contributed by atoms with van der Waals surface area (Å²) in [7, 11) is 0. The van der Waals surface area contributed by atoms with Crippen LogP contribution in [0.5, 0.6) is 5.75 Å². The molecule has 5 heteroatoms. The van der Waals surface area contributed by atoms with E-state index in [2.05, 4.69) is 60.0 Å². The summed E-state index contributed by atoms with van der Waals surface area (Å²) in [6, 6.07) is 4.70. The Labute approximate surface area is 146 Å². The molecule has 2 atom stereocenters. The monoisotopic (exact) mass is 467 g/mol. The second-order valence-corrected chi connectivity index (χ2v) is 7.82. The van der Waals surface area contributed by atoms with Gasteiger partial charge in [0.25, 0.3) is 0 Å².